The summed E-state index contributed by atoms with van der Waals surface area (Å²) >= 11 is 0. The van der Waals surface area contributed by atoms with Crippen molar-refractivity contribution in [1.29, 1.82) is 0 Å². The van der Waals surface area contributed by atoms with Gasteiger partial charge in [0.1, 0.15) is 11.9 Å². The van der Waals surface area contributed by atoms with Crippen LogP contribution in [-0.4, -0.2) is 18.3 Å². The lowest BCUT2D eigenvalue weighted by atomic mass is 9.93. The molecule has 1 fully saturated rings. The summed E-state index contributed by atoms with van der Waals surface area (Å²) in [5.41, 5.74) is 4.28. The molecule has 2 aliphatic carbocycles. The van der Waals surface area contributed by atoms with Gasteiger partial charge in [-0.15, -0.1) is 0 Å². The number of fused-ring (bicyclic) bond motifs is 1. The highest BCUT2D eigenvalue weighted by Crippen LogP contribution is 2.46. The van der Waals surface area contributed by atoms with Gasteiger partial charge in [0.25, 0.3) is 0 Å². The predicted octanol–water partition coefficient (Wildman–Crippen LogP) is 4.79. The van der Waals surface area contributed by atoms with Gasteiger partial charge in [0, 0.05) is 6.04 Å². The number of rotatable bonds is 4. The molecule has 0 spiro atoms. The minimum absolute atomic E-state index is 0.0402. The fourth-order valence-electron chi connectivity index (χ4n) is 4.29. The fraction of sp³-hybridized carbons (Fsp3) is 0.391. The lowest BCUT2D eigenvalue weighted by Gasteiger charge is -2.28. The first-order valence-corrected chi connectivity index (χ1v) is 9.65. The van der Waals surface area contributed by atoms with Crippen molar-refractivity contribution in [3.63, 3.8) is 0 Å². The maximum atomic E-state index is 11.0. The van der Waals surface area contributed by atoms with Crippen molar-refractivity contribution in [3.8, 4) is 5.75 Å². The van der Waals surface area contributed by atoms with Crippen molar-refractivity contribution in [1.82, 2.24) is 5.32 Å². The van der Waals surface area contributed by atoms with Gasteiger partial charge in [0.15, 0.2) is 0 Å². The van der Waals surface area contributed by atoms with Crippen LogP contribution >= 0.6 is 0 Å². The summed E-state index contributed by atoms with van der Waals surface area (Å²) in [5, 5.41) is 14.9. The molecule has 26 heavy (non-hydrogen) atoms. The van der Waals surface area contributed by atoms with E-state index in [2.05, 4.69) is 29.6 Å². The van der Waals surface area contributed by atoms with E-state index in [4.69, 9.17) is 4.74 Å². The number of methoxy groups -OCH3 is 1. The molecule has 2 aromatic rings. The number of aliphatic hydroxyl groups is 1. The van der Waals surface area contributed by atoms with Crippen LogP contribution in [0.2, 0.25) is 0 Å². The van der Waals surface area contributed by atoms with E-state index in [1.54, 1.807) is 7.11 Å². The van der Waals surface area contributed by atoms with E-state index < -0.39 is 6.10 Å². The Kier molecular flexibility index (Phi) is 5.09. The normalized spacial score (nSPS) is 24.6. The van der Waals surface area contributed by atoms with Gasteiger partial charge in [-0.1, -0.05) is 61.7 Å². The third-order valence-corrected chi connectivity index (χ3v) is 5.69. The molecular weight excluding hydrogens is 322 g/mol. The highest BCUT2D eigenvalue weighted by atomic mass is 16.5. The smallest absolute Gasteiger partial charge is 0.119 e. The van der Waals surface area contributed by atoms with E-state index in [-0.39, 0.29) is 6.04 Å². The molecule has 2 atom stereocenters. The van der Waals surface area contributed by atoms with Gasteiger partial charge < -0.3 is 15.2 Å². The number of nitrogens with one attached hydrogen (secondary N) is 1. The zero-order chi connectivity index (χ0) is 17.9. The van der Waals surface area contributed by atoms with Crippen molar-refractivity contribution < 1.29 is 9.84 Å². The van der Waals surface area contributed by atoms with Crippen molar-refractivity contribution >= 4 is 6.08 Å². The first kappa shape index (κ1) is 17.3. The predicted molar refractivity (Wildman–Crippen MR) is 105 cm³/mol. The van der Waals surface area contributed by atoms with E-state index in [0.29, 0.717) is 6.04 Å². The zero-order valence-corrected chi connectivity index (χ0v) is 15.3. The quantitative estimate of drug-likeness (QED) is 0.834. The Bertz CT molecular complexity index is 778. The summed E-state index contributed by atoms with van der Waals surface area (Å²) in [6, 6.07) is 16.8. The Morgan fingerprint density at radius 2 is 1.77 bits per heavy atom. The number of ether oxygens (including phenoxy) is 1. The lowest BCUT2D eigenvalue weighted by Crippen LogP contribution is -2.34. The Morgan fingerprint density at radius 1 is 1.00 bits per heavy atom. The molecule has 2 aromatic carbocycles. The molecule has 0 bridgehead atoms. The molecule has 136 valence electrons. The molecule has 2 N–H and O–H groups in total. The van der Waals surface area contributed by atoms with Crippen LogP contribution in [0.3, 0.4) is 0 Å². The van der Waals surface area contributed by atoms with Crippen LogP contribution in [0.1, 0.15) is 60.9 Å². The second kappa shape index (κ2) is 7.65. The Balaban J connectivity index is 1.72. The minimum atomic E-state index is -0.572. The molecule has 0 heterocycles. The molecule has 0 radical (unpaired) electrons. The van der Waals surface area contributed by atoms with Crippen LogP contribution in [0, 0.1) is 0 Å². The monoisotopic (exact) mass is 349 g/mol. The molecular formula is C23H27NO2. The average molecular weight is 349 g/mol. The molecule has 4 rings (SSSR count). The van der Waals surface area contributed by atoms with Crippen molar-refractivity contribution in [2.24, 2.45) is 0 Å². The summed E-state index contributed by atoms with van der Waals surface area (Å²) in [4.78, 5) is 0. The third kappa shape index (κ3) is 3.42. The van der Waals surface area contributed by atoms with Gasteiger partial charge in [0.05, 0.1) is 13.2 Å². The first-order chi connectivity index (χ1) is 12.8. The summed E-state index contributed by atoms with van der Waals surface area (Å²) in [6.07, 6.45) is 7.90. The van der Waals surface area contributed by atoms with Crippen molar-refractivity contribution in [2.75, 3.05) is 7.11 Å². The molecule has 1 saturated carbocycles. The molecule has 0 aliphatic heterocycles. The first-order valence-electron chi connectivity index (χ1n) is 9.65. The van der Waals surface area contributed by atoms with Crippen LogP contribution in [0.5, 0.6) is 5.75 Å². The van der Waals surface area contributed by atoms with Gasteiger partial charge in [0.2, 0.25) is 0 Å². The van der Waals surface area contributed by atoms with Gasteiger partial charge in [-0.05, 0) is 47.2 Å². The molecule has 0 aromatic heterocycles. The van der Waals surface area contributed by atoms with E-state index in [1.807, 2.05) is 30.3 Å². The van der Waals surface area contributed by atoms with Gasteiger partial charge in [-0.25, -0.2) is 0 Å². The maximum absolute atomic E-state index is 11.0. The Morgan fingerprint density at radius 3 is 2.50 bits per heavy atom. The van der Waals surface area contributed by atoms with E-state index in [9.17, 15) is 5.11 Å². The highest BCUT2D eigenvalue weighted by molar-refractivity contribution is 5.62. The third-order valence-electron chi connectivity index (χ3n) is 5.69. The molecule has 2 aliphatic rings. The van der Waals surface area contributed by atoms with Gasteiger partial charge in [-0.3, -0.25) is 0 Å². The SMILES string of the molecule is COc1ccc2c(c1)C(NC1CCCCC1)/C(=C\c1ccccc1)C2O. The van der Waals surface area contributed by atoms with Gasteiger partial charge >= 0.3 is 0 Å². The average Bonchev–Trinajstić information content (AvgIpc) is 2.95. The van der Waals surface area contributed by atoms with Crippen molar-refractivity contribution in [3.05, 3.63) is 70.8 Å². The van der Waals surface area contributed by atoms with Crippen LogP contribution in [0.4, 0.5) is 0 Å². The summed E-state index contributed by atoms with van der Waals surface area (Å²) in [6.45, 7) is 0. The lowest BCUT2D eigenvalue weighted by molar-refractivity contribution is 0.215. The fourth-order valence-corrected chi connectivity index (χ4v) is 4.29. The molecule has 0 saturated heterocycles. The second-order valence-electron chi connectivity index (χ2n) is 7.39. The number of hydrogen-bond acceptors (Lipinski definition) is 3. The van der Waals surface area contributed by atoms with E-state index in [0.717, 1.165) is 28.0 Å². The highest BCUT2D eigenvalue weighted by Gasteiger charge is 2.36. The summed E-state index contributed by atoms with van der Waals surface area (Å²) in [5.74, 6) is 0.840. The standard InChI is InChI=1S/C23H27NO2/c1-26-18-12-13-19-20(15-18)22(24-17-10-6-3-7-11-17)21(23(19)25)14-16-8-4-2-5-9-16/h2,4-5,8-9,12-15,17,22-25H,3,6-7,10-11H2,1H3/b21-14+. The van der Waals surface area contributed by atoms with Crippen LogP contribution < -0.4 is 10.1 Å². The molecule has 3 heteroatoms. The number of hydrogen-bond donors (Lipinski definition) is 2. The minimum Gasteiger partial charge on any atom is -0.497 e. The van der Waals surface area contributed by atoms with E-state index in [1.165, 1.54) is 32.1 Å². The Labute approximate surface area is 155 Å². The maximum Gasteiger partial charge on any atom is 0.119 e. The van der Waals surface area contributed by atoms with Gasteiger partial charge in [-0.2, -0.15) is 0 Å². The topological polar surface area (TPSA) is 41.5 Å². The number of benzene rings is 2. The summed E-state index contributed by atoms with van der Waals surface area (Å²) in [7, 11) is 1.69. The largest absolute Gasteiger partial charge is 0.497 e. The van der Waals surface area contributed by atoms with Crippen LogP contribution in [0.15, 0.2) is 54.1 Å². The molecule has 2 unspecified atom stereocenters. The van der Waals surface area contributed by atoms with Crippen molar-refractivity contribution in [2.45, 2.75) is 50.3 Å². The molecule has 3 nitrogen and oxygen atoms in total. The summed E-state index contributed by atoms with van der Waals surface area (Å²) < 4.78 is 5.44. The van der Waals surface area contributed by atoms with Crippen LogP contribution in [-0.2, 0) is 0 Å². The number of aliphatic hydroxyl groups excluding tert-OH is 1. The van der Waals surface area contributed by atoms with Crippen LogP contribution in [0.25, 0.3) is 6.08 Å². The second-order valence-corrected chi connectivity index (χ2v) is 7.39. The zero-order valence-electron chi connectivity index (χ0n) is 15.3. The Hall–Kier alpha value is -2.10. The van der Waals surface area contributed by atoms with E-state index >= 15 is 0 Å². The molecule has 0 amide bonds.